The summed E-state index contributed by atoms with van der Waals surface area (Å²) < 4.78 is 0. The van der Waals surface area contributed by atoms with Crippen molar-refractivity contribution in [3.63, 3.8) is 0 Å². The van der Waals surface area contributed by atoms with Gasteiger partial charge in [-0.05, 0) is 18.4 Å². The second-order valence-corrected chi connectivity index (χ2v) is 6.14. The Balaban J connectivity index is 2.43. The lowest BCUT2D eigenvalue weighted by Gasteiger charge is -2.23. The number of carbonyl (C=O) groups is 4. The number of Topliss-reactive ketones (excluding diaryl/α,β-unsaturated/α-hetero) is 3. The zero-order valence-electron chi connectivity index (χ0n) is 13.3. The zero-order chi connectivity index (χ0) is 17.1. The predicted octanol–water partition coefficient (Wildman–Crippen LogP) is 2.52. The number of phenolic OH excluding ortho intramolecular Hbond substituents is 1. The topological polar surface area (TPSA) is 88.5 Å². The van der Waals surface area contributed by atoms with E-state index in [2.05, 4.69) is 0 Å². The van der Waals surface area contributed by atoms with Gasteiger partial charge in [0.25, 0.3) is 0 Å². The molecule has 0 saturated heterocycles. The van der Waals surface area contributed by atoms with E-state index in [4.69, 9.17) is 0 Å². The summed E-state index contributed by atoms with van der Waals surface area (Å²) in [5, 5.41) is 10.4. The van der Waals surface area contributed by atoms with Gasteiger partial charge < -0.3 is 5.11 Å². The predicted molar refractivity (Wildman–Crippen MR) is 83.7 cm³/mol. The van der Waals surface area contributed by atoms with Crippen LogP contribution in [0.1, 0.15) is 59.4 Å². The molecule has 1 aliphatic rings. The molecule has 1 fully saturated rings. The lowest BCUT2D eigenvalue weighted by Crippen LogP contribution is -2.38. The van der Waals surface area contributed by atoms with E-state index < -0.39 is 23.3 Å². The van der Waals surface area contributed by atoms with Gasteiger partial charge in [-0.25, -0.2) is 0 Å². The second-order valence-electron chi connectivity index (χ2n) is 6.14. The van der Waals surface area contributed by atoms with Crippen molar-refractivity contribution in [1.29, 1.82) is 0 Å². The molecule has 0 bridgehead atoms. The maximum atomic E-state index is 12.6. The third kappa shape index (κ3) is 3.23. The lowest BCUT2D eigenvalue weighted by atomic mass is 9.77. The van der Waals surface area contributed by atoms with Crippen LogP contribution in [0.2, 0.25) is 0 Å². The van der Waals surface area contributed by atoms with Crippen molar-refractivity contribution in [1.82, 2.24) is 0 Å². The van der Waals surface area contributed by atoms with Crippen molar-refractivity contribution in [3.05, 3.63) is 28.8 Å². The van der Waals surface area contributed by atoms with E-state index in [1.807, 2.05) is 6.92 Å². The highest BCUT2D eigenvalue weighted by molar-refractivity contribution is 6.25. The van der Waals surface area contributed by atoms with Gasteiger partial charge in [0.05, 0.1) is 5.56 Å². The first kappa shape index (κ1) is 17.1. The van der Waals surface area contributed by atoms with Crippen molar-refractivity contribution in [3.8, 4) is 5.75 Å². The zero-order valence-corrected chi connectivity index (χ0v) is 13.3. The molecule has 23 heavy (non-hydrogen) atoms. The second kappa shape index (κ2) is 6.86. The molecule has 0 unspecified atom stereocenters. The molecule has 1 aromatic carbocycles. The van der Waals surface area contributed by atoms with E-state index in [0.29, 0.717) is 30.3 Å². The third-order valence-electron chi connectivity index (χ3n) is 4.22. The van der Waals surface area contributed by atoms with E-state index in [1.54, 1.807) is 6.92 Å². The largest absolute Gasteiger partial charge is 0.507 e. The molecule has 0 aliphatic heterocycles. The number of benzene rings is 1. The Hall–Kier alpha value is -2.30. The minimum absolute atomic E-state index is 0.0549. The van der Waals surface area contributed by atoms with Crippen LogP contribution in [0.5, 0.6) is 5.75 Å². The number of hydrogen-bond donors (Lipinski definition) is 1. The van der Waals surface area contributed by atoms with Crippen LogP contribution in [-0.4, -0.2) is 28.7 Å². The molecular formula is C18H20O5. The van der Waals surface area contributed by atoms with Crippen molar-refractivity contribution < 1.29 is 24.3 Å². The van der Waals surface area contributed by atoms with Crippen LogP contribution in [0, 0.1) is 11.8 Å². The first-order valence-electron chi connectivity index (χ1n) is 7.80. The molecule has 1 aromatic rings. The summed E-state index contributed by atoms with van der Waals surface area (Å²) >= 11 is 0. The minimum atomic E-state index is -1.33. The fraction of sp³-hybridized carbons (Fsp3) is 0.444. The van der Waals surface area contributed by atoms with Crippen molar-refractivity contribution in [2.75, 3.05) is 0 Å². The van der Waals surface area contributed by atoms with E-state index >= 15 is 0 Å². The van der Waals surface area contributed by atoms with Gasteiger partial charge in [-0.3, -0.25) is 19.2 Å². The van der Waals surface area contributed by atoms with Crippen LogP contribution in [-0.2, 0) is 16.0 Å². The lowest BCUT2D eigenvalue weighted by molar-refractivity contribution is -0.134. The highest BCUT2D eigenvalue weighted by Crippen LogP contribution is 2.32. The van der Waals surface area contributed by atoms with E-state index in [9.17, 15) is 24.3 Å². The molecule has 1 saturated carbocycles. The number of rotatable bonds is 5. The smallest absolute Gasteiger partial charge is 0.184 e. The van der Waals surface area contributed by atoms with Crippen LogP contribution < -0.4 is 0 Å². The first-order valence-corrected chi connectivity index (χ1v) is 7.80. The van der Waals surface area contributed by atoms with E-state index in [0.717, 1.165) is 0 Å². The molecule has 0 aromatic heterocycles. The Kier molecular flexibility index (Phi) is 5.08. The molecule has 0 spiro atoms. The number of hydrogen-bond acceptors (Lipinski definition) is 5. The molecule has 0 atom stereocenters. The molecule has 2 rings (SSSR count). The first-order chi connectivity index (χ1) is 10.9. The number of aldehydes is 1. The Labute approximate surface area is 134 Å². The van der Waals surface area contributed by atoms with Crippen molar-refractivity contribution in [2.45, 2.75) is 39.5 Å². The summed E-state index contributed by atoms with van der Waals surface area (Å²) in [6, 6.07) is 2.77. The maximum absolute atomic E-state index is 12.6. The Morgan fingerprint density at radius 1 is 1.26 bits per heavy atom. The summed E-state index contributed by atoms with van der Waals surface area (Å²) in [6.07, 6.45) is 2.13. The number of phenols is 1. The van der Waals surface area contributed by atoms with Crippen LogP contribution in [0.3, 0.4) is 0 Å². The van der Waals surface area contributed by atoms with Crippen LogP contribution in [0.25, 0.3) is 0 Å². The molecule has 0 amide bonds. The fourth-order valence-corrected chi connectivity index (χ4v) is 3.10. The van der Waals surface area contributed by atoms with Crippen molar-refractivity contribution in [2.24, 2.45) is 11.8 Å². The SMILES string of the molecule is CCCc1c(C=O)ccc(C(=O)C2C(=O)CC(C)CC2=O)c1O. The molecule has 1 aliphatic carbocycles. The summed E-state index contributed by atoms with van der Waals surface area (Å²) in [5.41, 5.74) is 0.647. The third-order valence-corrected chi connectivity index (χ3v) is 4.22. The molecule has 0 heterocycles. The average molecular weight is 316 g/mol. The number of carbonyl (C=O) groups excluding carboxylic acids is 4. The maximum Gasteiger partial charge on any atom is 0.184 e. The highest BCUT2D eigenvalue weighted by Gasteiger charge is 2.40. The Morgan fingerprint density at radius 2 is 1.87 bits per heavy atom. The van der Waals surface area contributed by atoms with Gasteiger partial charge in [-0.15, -0.1) is 0 Å². The Morgan fingerprint density at radius 3 is 2.39 bits per heavy atom. The molecule has 1 N–H and O–H groups in total. The van der Waals surface area contributed by atoms with Gasteiger partial charge in [0.1, 0.15) is 18.0 Å². The van der Waals surface area contributed by atoms with Gasteiger partial charge in [-0.1, -0.05) is 26.3 Å². The van der Waals surface area contributed by atoms with Crippen molar-refractivity contribution >= 4 is 23.6 Å². The molecular weight excluding hydrogens is 296 g/mol. The minimum Gasteiger partial charge on any atom is -0.507 e. The van der Waals surface area contributed by atoms with Gasteiger partial charge >= 0.3 is 0 Å². The molecule has 0 radical (unpaired) electrons. The normalized spacial score (nSPS) is 21.3. The summed E-state index contributed by atoms with van der Waals surface area (Å²) in [5.74, 6) is -3.13. The summed E-state index contributed by atoms with van der Waals surface area (Å²) in [6.45, 7) is 3.68. The van der Waals surface area contributed by atoms with Gasteiger partial charge in [0.2, 0.25) is 0 Å². The van der Waals surface area contributed by atoms with Gasteiger partial charge in [-0.2, -0.15) is 0 Å². The van der Waals surface area contributed by atoms with E-state index in [-0.39, 0.29) is 30.1 Å². The average Bonchev–Trinajstić information content (AvgIpc) is 2.48. The van der Waals surface area contributed by atoms with Crippen LogP contribution in [0.4, 0.5) is 0 Å². The highest BCUT2D eigenvalue weighted by atomic mass is 16.3. The molecule has 5 heteroatoms. The number of ketones is 3. The van der Waals surface area contributed by atoms with Gasteiger partial charge in [0, 0.05) is 24.0 Å². The summed E-state index contributed by atoms with van der Waals surface area (Å²) in [4.78, 5) is 47.9. The van der Waals surface area contributed by atoms with E-state index in [1.165, 1.54) is 12.1 Å². The molecule has 5 nitrogen and oxygen atoms in total. The standard InChI is InChI=1S/C18H20O5/c1-3-4-12-11(9-19)5-6-13(17(12)22)18(23)16-14(20)7-10(2)8-15(16)21/h5-6,9-10,16,22H,3-4,7-8H2,1-2H3. The van der Waals surface area contributed by atoms with Gasteiger partial charge in [0.15, 0.2) is 17.3 Å². The Bertz CT molecular complexity index is 656. The summed E-state index contributed by atoms with van der Waals surface area (Å²) in [7, 11) is 0. The fourth-order valence-electron chi connectivity index (χ4n) is 3.10. The number of aromatic hydroxyl groups is 1. The van der Waals surface area contributed by atoms with Crippen LogP contribution in [0.15, 0.2) is 12.1 Å². The monoisotopic (exact) mass is 316 g/mol. The quantitative estimate of drug-likeness (QED) is 0.512. The van der Waals surface area contributed by atoms with Crippen LogP contribution >= 0.6 is 0 Å². The molecule has 122 valence electrons.